The molecule has 0 aliphatic heterocycles. The van der Waals surface area contributed by atoms with E-state index >= 15 is 0 Å². The first-order chi connectivity index (χ1) is 21.5. The molecule has 1 aromatic heterocycles. The average Bonchev–Trinajstić information content (AvgIpc) is 3.01. The van der Waals surface area contributed by atoms with E-state index in [1.807, 2.05) is 60.7 Å². The Balaban J connectivity index is 1.39. The Hall–Kier alpha value is -4.34. The van der Waals surface area contributed by atoms with Gasteiger partial charge in [0.05, 0.1) is 18.1 Å². The standard InChI is InChI=1S/C35H46N4O6/c1-35(2,3)45-34(43)37-29(21-25-13-7-5-8-14-25)24-44-33(42)36-19-20-39(32(41)26-15-9-6-10-16-26)23-28-22-27-17-11-12-18-30(27)38(4)31(28)40/h5,7-8,11-14,17-18,22,26,29H,6,9-10,15-16,19-21,23-24H2,1-4H3,(H,36,42)(H,37,43). The molecule has 1 aliphatic carbocycles. The van der Waals surface area contributed by atoms with Crippen LogP contribution in [0.2, 0.25) is 0 Å². The molecule has 1 unspecified atom stereocenters. The second-order valence-corrected chi connectivity index (χ2v) is 12.7. The highest BCUT2D eigenvalue weighted by atomic mass is 16.6. The summed E-state index contributed by atoms with van der Waals surface area (Å²) in [4.78, 5) is 53.8. The van der Waals surface area contributed by atoms with E-state index in [2.05, 4.69) is 10.6 Å². The fourth-order valence-electron chi connectivity index (χ4n) is 5.73. The van der Waals surface area contributed by atoms with Crippen molar-refractivity contribution >= 4 is 29.0 Å². The molecule has 2 aromatic carbocycles. The first kappa shape index (κ1) is 33.6. The number of pyridine rings is 1. The molecule has 3 aromatic rings. The summed E-state index contributed by atoms with van der Waals surface area (Å²) in [5.74, 6) is -0.0859. The maximum absolute atomic E-state index is 13.6. The van der Waals surface area contributed by atoms with E-state index in [0.29, 0.717) is 12.0 Å². The molecule has 1 heterocycles. The molecule has 1 aliphatic rings. The lowest BCUT2D eigenvalue weighted by molar-refractivity contribution is -0.137. The number of fused-ring (bicyclic) bond motifs is 1. The number of para-hydroxylation sites is 1. The first-order valence-electron chi connectivity index (χ1n) is 15.8. The first-order valence-corrected chi connectivity index (χ1v) is 15.8. The third-order valence-electron chi connectivity index (χ3n) is 7.95. The smallest absolute Gasteiger partial charge is 0.408 e. The molecule has 0 bridgehead atoms. The number of rotatable bonds is 11. The van der Waals surface area contributed by atoms with Crippen molar-refractivity contribution in [1.82, 2.24) is 20.1 Å². The van der Waals surface area contributed by atoms with Crippen molar-refractivity contribution in [3.63, 3.8) is 0 Å². The van der Waals surface area contributed by atoms with Gasteiger partial charge < -0.3 is 29.6 Å². The van der Waals surface area contributed by atoms with Gasteiger partial charge in [-0.15, -0.1) is 0 Å². The molecule has 10 heteroatoms. The molecule has 0 saturated heterocycles. The van der Waals surface area contributed by atoms with Gasteiger partial charge in [-0.3, -0.25) is 9.59 Å². The number of benzene rings is 2. The number of nitrogens with one attached hydrogen (secondary N) is 2. The fourth-order valence-corrected chi connectivity index (χ4v) is 5.73. The van der Waals surface area contributed by atoms with Crippen LogP contribution in [0.1, 0.15) is 64.0 Å². The van der Waals surface area contributed by atoms with E-state index < -0.39 is 23.8 Å². The van der Waals surface area contributed by atoms with Gasteiger partial charge in [0, 0.05) is 31.6 Å². The number of carbonyl (C=O) groups excluding carboxylic acids is 3. The van der Waals surface area contributed by atoms with Gasteiger partial charge in [-0.2, -0.15) is 0 Å². The SMILES string of the molecule is Cn1c(=O)c(CN(CCNC(=O)OCC(Cc2ccccc2)NC(=O)OC(C)(C)C)C(=O)C2CCCCC2)cc2ccccc21. The van der Waals surface area contributed by atoms with Crippen LogP contribution in [-0.4, -0.2) is 58.9 Å². The fraction of sp³-hybridized carbons (Fsp3) is 0.486. The predicted molar refractivity (Wildman–Crippen MR) is 174 cm³/mol. The Labute approximate surface area is 265 Å². The van der Waals surface area contributed by atoms with Gasteiger partial charge >= 0.3 is 12.2 Å². The monoisotopic (exact) mass is 618 g/mol. The van der Waals surface area contributed by atoms with Gasteiger partial charge in [-0.25, -0.2) is 9.59 Å². The molecule has 2 N–H and O–H groups in total. The number of aromatic nitrogens is 1. The quantitative estimate of drug-likeness (QED) is 0.301. The second kappa shape index (κ2) is 15.6. The number of aryl methyl sites for hydroxylation is 1. The topological polar surface area (TPSA) is 119 Å². The summed E-state index contributed by atoms with van der Waals surface area (Å²) in [6.45, 7) is 5.80. The van der Waals surface area contributed by atoms with Crippen molar-refractivity contribution in [2.24, 2.45) is 13.0 Å². The molecule has 4 rings (SSSR count). The molecule has 45 heavy (non-hydrogen) atoms. The van der Waals surface area contributed by atoms with Gasteiger partial charge in [0.15, 0.2) is 0 Å². The van der Waals surface area contributed by atoms with Gasteiger partial charge in [0.25, 0.3) is 5.56 Å². The van der Waals surface area contributed by atoms with E-state index in [1.54, 1.807) is 37.3 Å². The minimum Gasteiger partial charge on any atom is -0.447 e. The molecule has 10 nitrogen and oxygen atoms in total. The summed E-state index contributed by atoms with van der Waals surface area (Å²) in [6, 6.07) is 18.6. The van der Waals surface area contributed by atoms with Crippen LogP contribution in [0.15, 0.2) is 65.5 Å². The maximum Gasteiger partial charge on any atom is 0.408 e. The van der Waals surface area contributed by atoms with E-state index in [9.17, 15) is 19.2 Å². The normalized spacial score (nSPS) is 14.4. The van der Waals surface area contributed by atoms with Gasteiger partial charge in [-0.05, 0) is 63.1 Å². The van der Waals surface area contributed by atoms with Crippen molar-refractivity contribution < 1.29 is 23.9 Å². The summed E-state index contributed by atoms with van der Waals surface area (Å²) >= 11 is 0. The second-order valence-electron chi connectivity index (χ2n) is 12.7. The lowest BCUT2D eigenvalue weighted by Crippen LogP contribution is -2.45. The zero-order chi connectivity index (χ0) is 32.4. The van der Waals surface area contributed by atoms with E-state index in [0.717, 1.165) is 48.6 Å². The Morgan fingerprint density at radius 1 is 0.978 bits per heavy atom. The maximum atomic E-state index is 13.6. The number of ether oxygens (including phenoxy) is 2. The van der Waals surface area contributed by atoms with Crippen molar-refractivity contribution in [2.75, 3.05) is 19.7 Å². The number of hydrogen-bond acceptors (Lipinski definition) is 6. The number of hydrogen-bond donors (Lipinski definition) is 2. The molecule has 242 valence electrons. The van der Waals surface area contributed by atoms with Gasteiger partial charge in [-0.1, -0.05) is 67.8 Å². The molecular formula is C35H46N4O6. The van der Waals surface area contributed by atoms with E-state index in [1.165, 1.54) is 0 Å². The summed E-state index contributed by atoms with van der Waals surface area (Å²) in [5.41, 5.74) is 1.51. The zero-order valence-electron chi connectivity index (χ0n) is 26.8. The van der Waals surface area contributed by atoms with Crippen molar-refractivity contribution in [3.05, 3.63) is 82.1 Å². The minimum absolute atomic E-state index is 0.00423. The van der Waals surface area contributed by atoms with Crippen LogP contribution in [0.3, 0.4) is 0 Å². The number of amides is 3. The molecule has 0 spiro atoms. The summed E-state index contributed by atoms with van der Waals surface area (Å²) in [5, 5.41) is 6.47. The third-order valence-corrected chi connectivity index (χ3v) is 7.95. The molecule has 3 amide bonds. The Bertz CT molecular complexity index is 1510. The highest BCUT2D eigenvalue weighted by Crippen LogP contribution is 2.26. The van der Waals surface area contributed by atoms with Crippen LogP contribution in [0.5, 0.6) is 0 Å². The Kier molecular flexibility index (Phi) is 11.6. The van der Waals surface area contributed by atoms with Gasteiger partial charge in [0.2, 0.25) is 5.91 Å². The Morgan fingerprint density at radius 2 is 1.67 bits per heavy atom. The lowest BCUT2D eigenvalue weighted by atomic mass is 9.88. The third kappa shape index (κ3) is 10.1. The molecule has 1 saturated carbocycles. The van der Waals surface area contributed by atoms with Crippen LogP contribution < -0.4 is 16.2 Å². The van der Waals surface area contributed by atoms with E-state index in [-0.39, 0.29) is 43.6 Å². The zero-order valence-corrected chi connectivity index (χ0v) is 26.8. The van der Waals surface area contributed by atoms with E-state index in [4.69, 9.17) is 9.47 Å². The van der Waals surface area contributed by atoms with Crippen LogP contribution >= 0.6 is 0 Å². The van der Waals surface area contributed by atoms with Crippen molar-refractivity contribution in [3.8, 4) is 0 Å². The van der Waals surface area contributed by atoms with Crippen LogP contribution in [0.25, 0.3) is 10.9 Å². The molecule has 0 radical (unpaired) electrons. The summed E-state index contributed by atoms with van der Waals surface area (Å²) in [6.07, 6.45) is 3.98. The minimum atomic E-state index is -0.669. The van der Waals surface area contributed by atoms with Gasteiger partial charge in [0.1, 0.15) is 12.2 Å². The highest BCUT2D eigenvalue weighted by Gasteiger charge is 2.27. The van der Waals surface area contributed by atoms with Crippen LogP contribution in [0, 0.1) is 5.92 Å². The molecule has 1 atom stereocenters. The lowest BCUT2D eigenvalue weighted by Gasteiger charge is -2.29. The highest BCUT2D eigenvalue weighted by molar-refractivity contribution is 5.81. The predicted octanol–water partition coefficient (Wildman–Crippen LogP) is 5.31. The number of nitrogens with zero attached hydrogens (tertiary/aromatic N) is 2. The Morgan fingerprint density at radius 3 is 2.38 bits per heavy atom. The van der Waals surface area contributed by atoms with Crippen molar-refractivity contribution in [1.29, 1.82) is 0 Å². The number of carbonyl (C=O) groups is 3. The van der Waals surface area contributed by atoms with Crippen LogP contribution in [0.4, 0.5) is 9.59 Å². The average molecular weight is 619 g/mol. The summed E-state index contributed by atoms with van der Waals surface area (Å²) in [7, 11) is 1.74. The largest absolute Gasteiger partial charge is 0.447 e. The number of alkyl carbamates (subject to hydrolysis) is 2. The van der Waals surface area contributed by atoms with Crippen molar-refractivity contribution in [2.45, 2.75) is 77.5 Å². The summed E-state index contributed by atoms with van der Waals surface area (Å²) < 4.78 is 12.5. The van der Waals surface area contributed by atoms with Crippen LogP contribution in [-0.2, 0) is 34.3 Å². The molecular weight excluding hydrogens is 572 g/mol. The molecule has 1 fully saturated rings.